The molecule has 0 heterocycles. The molecule has 1 saturated carbocycles. The zero-order valence-electron chi connectivity index (χ0n) is 7.03. The van der Waals surface area contributed by atoms with Gasteiger partial charge >= 0.3 is 0 Å². The molecular formula is C8H20N2. The molecule has 2 heteroatoms. The van der Waals surface area contributed by atoms with Gasteiger partial charge in [0.25, 0.3) is 0 Å². The quantitative estimate of drug-likeness (QED) is 0.592. The first-order chi connectivity index (χ1) is 4.27. The third-order valence-electron chi connectivity index (χ3n) is 2.55. The fourth-order valence-corrected chi connectivity index (χ4v) is 1.61. The van der Waals surface area contributed by atoms with Gasteiger partial charge in [-0.25, -0.2) is 0 Å². The summed E-state index contributed by atoms with van der Waals surface area (Å²) in [5.74, 6) is 0. The molecule has 0 amide bonds. The van der Waals surface area contributed by atoms with E-state index in [0.717, 1.165) is 6.42 Å². The zero-order valence-corrected chi connectivity index (χ0v) is 7.03. The first kappa shape index (κ1) is 9.92. The van der Waals surface area contributed by atoms with Crippen LogP contribution in [0.3, 0.4) is 0 Å². The lowest BCUT2D eigenvalue weighted by atomic mass is 9.81. The third kappa shape index (κ3) is 2.27. The minimum atomic E-state index is 0. The van der Waals surface area contributed by atoms with E-state index in [2.05, 4.69) is 6.92 Å². The number of rotatable bonds is 1. The standard InChI is InChI=1S/C8H17N.H3N/c1-2-8(9)6-4-3-5-7-8;/h2-7,9H2,1H3;1H3. The van der Waals surface area contributed by atoms with Crippen molar-refractivity contribution in [3.05, 3.63) is 0 Å². The van der Waals surface area contributed by atoms with Crippen molar-refractivity contribution in [3.63, 3.8) is 0 Å². The molecule has 1 aliphatic carbocycles. The van der Waals surface area contributed by atoms with Crippen LogP contribution >= 0.6 is 0 Å². The largest absolute Gasteiger partial charge is 0.344 e. The predicted octanol–water partition coefficient (Wildman–Crippen LogP) is 2.22. The highest BCUT2D eigenvalue weighted by molar-refractivity contribution is 4.85. The first-order valence-electron chi connectivity index (χ1n) is 4.06. The van der Waals surface area contributed by atoms with Gasteiger partial charge in [0.2, 0.25) is 0 Å². The molecule has 0 bridgehead atoms. The Kier molecular flexibility index (Phi) is 3.91. The maximum atomic E-state index is 6.06. The van der Waals surface area contributed by atoms with E-state index in [1.807, 2.05) is 0 Å². The summed E-state index contributed by atoms with van der Waals surface area (Å²) < 4.78 is 0. The lowest BCUT2D eigenvalue weighted by molar-refractivity contribution is 0.287. The van der Waals surface area contributed by atoms with E-state index in [9.17, 15) is 0 Å². The first-order valence-corrected chi connectivity index (χ1v) is 4.06. The van der Waals surface area contributed by atoms with Crippen molar-refractivity contribution in [2.75, 3.05) is 0 Å². The van der Waals surface area contributed by atoms with Gasteiger partial charge in [-0.05, 0) is 19.3 Å². The molecule has 1 fully saturated rings. The molecule has 2 nitrogen and oxygen atoms in total. The Balaban J connectivity index is 0.000000810. The van der Waals surface area contributed by atoms with Crippen LogP contribution in [0.1, 0.15) is 45.4 Å². The SMILES string of the molecule is CCC1(N)CCCCC1.N. The average molecular weight is 144 g/mol. The molecule has 0 spiro atoms. The van der Waals surface area contributed by atoms with Gasteiger partial charge in [0.05, 0.1) is 0 Å². The Morgan fingerprint density at radius 3 is 2.00 bits per heavy atom. The zero-order chi connectivity index (χ0) is 6.74. The van der Waals surface area contributed by atoms with Crippen molar-refractivity contribution in [1.29, 1.82) is 0 Å². The molecule has 0 aromatic carbocycles. The number of hydrogen-bond donors (Lipinski definition) is 2. The minimum absolute atomic E-state index is 0. The Morgan fingerprint density at radius 2 is 1.70 bits per heavy atom. The molecule has 0 unspecified atom stereocenters. The van der Waals surface area contributed by atoms with Gasteiger partial charge in [-0.15, -0.1) is 0 Å². The van der Waals surface area contributed by atoms with Crippen molar-refractivity contribution in [3.8, 4) is 0 Å². The summed E-state index contributed by atoms with van der Waals surface area (Å²) in [5.41, 5.74) is 6.28. The van der Waals surface area contributed by atoms with Gasteiger partial charge in [-0.2, -0.15) is 0 Å². The summed E-state index contributed by atoms with van der Waals surface area (Å²) in [6.45, 7) is 2.20. The van der Waals surface area contributed by atoms with E-state index in [0.29, 0.717) is 0 Å². The normalized spacial score (nSPS) is 23.4. The summed E-state index contributed by atoms with van der Waals surface area (Å²) in [7, 11) is 0. The number of nitrogens with two attached hydrogens (primary N) is 1. The van der Waals surface area contributed by atoms with Gasteiger partial charge < -0.3 is 11.9 Å². The highest BCUT2D eigenvalue weighted by atomic mass is 14.7. The average Bonchev–Trinajstić information content (AvgIpc) is 1.90. The lowest BCUT2D eigenvalue weighted by Gasteiger charge is -2.32. The molecule has 62 valence electrons. The molecule has 5 N–H and O–H groups in total. The van der Waals surface area contributed by atoms with Crippen LogP contribution in [0.5, 0.6) is 0 Å². The molecular weight excluding hydrogens is 124 g/mol. The second-order valence-electron chi connectivity index (χ2n) is 3.28. The Bertz CT molecular complexity index is 85.3. The van der Waals surface area contributed by atoms with Crippen LogP contribution in [0.15, 0.2) is 0 Å². The smallest absolute Gasteiger partial charge is 0.0151 e. The maximum Gasteiger partial charge on any atom is 0.0151 e. The second-order valence-corrected chi connectivity index (χ2v) is 3.28. The molecule has 0 atom stereocenters. The Hall–Kier alpha value is -0.0800. The van der Waals surface area contributed by atoms with Crippen LogP contribution in [0, 0.1) is 0 Å². The number of hydrogen-bond acceptors (Lipinski definition) is 2. The van der Waals surface area contributed by atoms with Crippen LogP contribution in [-0.4, -0.2) is 5.54 Å². The van der Waals surface area contributed by atoms with Crippen molar-refractivity contribution in [2.24, 2.45) is 5.73 Å². The van der Waals surface area contributed by atoms with Crippen LogP contribution in [-0.2, 0) is 0 Å². The molecule has 0 aliphatic heterocycles. The second kappa shape index (κ2) is 3.94. The summed E-state index contributed by atoms with van der Waals surface area (Å²) in [4.78, 5) is 0. The van der Waals surface area contributed by atoms with Crippen molar-refractivity contribution in [2.45, 2.75) is 51.0 Å². The third-order valence-corrected chi connectivity index (χ3v) is 2.55. The van der Waals surface area contributed by atoms with Gasteiger partial charge in [-0.1, -0.05) is 26.2 Å². The molecule has 1 aliphatic rings. The highest BCUT2D eigenvalue weighted by Gasteiger charge is 2.24. The van der Waals surface area contributed by atoms with E-state index in [1.54, 1.807) is 0 Å². The van der Waals surface area contributed by atoms with Crippen molar-refractivity contribution < 1.29 is 0 Å². The van der Waals surface area contributed by atoms with E-state index in [-0.39, 0.29) is 11.7 Å². The topological polar surface area (TPSA) is 61.0 Å². The summed E-state index contributed by atoms with van der Waals surface area (Å²) in [6, 6.07) is 0. The van der Waals surface area contributed by atoms with Crippen molar-refractivity contribution in [1.82, 2.24) is 6.15 Å². The van der Waals surface area contributed by atoms with Crippen LogP contribution in [0.25, 0.3) is 0 Å². The van der Waals surface area contributed by atoms with Crippen LogP contribution < -0.4 is 11.9 Å². The summed E-state index contributed by atoms with van der Waals surface area (Å²) in [5, 5.41) is 0. The summed E-state index contributed by atoms with van der Waals surface area (Å²) >= 11 is 0. The minimum Gasteiger partial charge on any atom is -0.344 e. The fraction of sp³-hybridized carbons (Fsp3) is 1.00. The maximum absolute atomic E-state index is 6.06. The fourth-order valence-electron chi connectivity index (χ4n) is 1.61. The molecule has 0 aromatic heterocycles. The lowest BCUT2D eigenvalue weighted by Crippen LogP contribution is -2.40. The summed E-state index contributed by atoms with van der Waals surface area (Å²) in [6.07, 6.45) is 7.77. The predicted molar refractivity (Wildman–Crippen MR) is 45.3 cm³/mol. The molecule has 0 aromatic rings. The Morgan fingerprint density at radius 1 is 1.20 bits per heavy atom. The van der Waals surface area contributed by atoms with E-state index >= 15 is 0 Å². The monoisotopic (exact) mass is 144 g/mol. The van der Waals surface area contributed by atoms with Gasteiger partial charge in [0.1, 0.15) is 0 Å². The van der Waals surface area contributed by atoms with E-state index in [4.69, 9.17) is 5.73 Å². The van der Waals surface area contributed by atoms with E-state index < -0.39 is 0 Å². The molecule has 10 heavy (non-hydrogen) atoms. The van der Waals surface area contributed by atoms with E-state index in [1.165, 1.54) is 32.1 Å². The molecule has 0 saturated heterocycles. The van der Waals surface area contributed by atoms with Gasteiger partial charge in [-0.3, -0.25) is 0 Å². The van der Waals surface area contributed by atoms with Crippen LogP contribution in [0.2, 0.25) is 0 Å². The molecule has 0 radical (unpaired) electrons. The Labute approximate surface area is 63.8 Å². The van der Waals surface area contributed by atoms with Gasteiger partial charge in [0, 0.05) is 5.54 Å². The highest BCUT2D eigenvalue weighted by Crippen LogP contribution is 2.27. The van der Waals surface area contributed by atoms with Gasteiger partial charge in [0.15, 0.2) is 0 Å². The van der Waals surface area contributed by atoms with Crippen LogP contribution in [0.4, 0.5) is 0 Å². The van der Waals surface area contributed by atoms with Crippen molar-refractivity contribution >= 4 is 0 Å². The molecule has 1 rings (SSSR count).